The third-order valence-electron chi connectivity index (χ3n) is 4.77. The van der Waals surface area contributed by atoms with Gasteiger partial charge in [-0.25, -0.2) is 8.42 Å². The van der Waals surface area contributed by atoms with Crippen LogP contribution in [0.15, 0.2) is 4.99 Å². The molecule has 3 unspecified atom stereocenters. The molecule has 3 atom stereocenters. The fraction of sp³-hybridized carbons (Fsp3) is 0.941. The van der Waals surface area contributed by atoms with Crippen LogP contribution in [0.3, 0.4) is 0 Å². The van der Waals surface area contributed by atoms with Crippen LogP contribution in [0.25, 0.3) is 0 Å². The summed E-state index contributed by atoms with van der Waals surface area (Å²) in [7, 11) is -2.83. The smallest absolute Gasteiger partial charge is 0.191 e. The third kappa shape index (κ3) is 5.92. The van der Waals surface area contributed by atoms with E-state index >= 15 is 0 Å². The van der Waals surface area contributed by atoms with Gasteiger partial charge in [0.25, 0.3) is 0 Å². The zero-order valence-corrected chi connectivity index (χ0v) is 16.3. The van der Waals surface area contributed by atoms with Crippen molar-refractivity contribution in [2.45, 2.75) is 59.1 Å². The number of nitrogens with one attached hydrogen (secondary N) is 2. The van der Waals surface area contributed by atoms with Crippen molar-refractivity contribution in [3.63, 3.8) is 0 Å². The maximum absolute atomic E-state index is 11.6. The molecule has 0 radical (unpaired) electrons. The minimum absolute atomic E-state index is 0.133. The van der Waals surface area contributed by atoms with Crippen LogP contribution in [0, 0.1) is 11.3 Å². The van der Waals surface area contributed by atoms with E-state index in [1.807, 2.05) is 6.92 Å². The predicted octanol–water partition coefficient (Wildman–Crippen LogP) is 1.57. The summed E-state index contributed by atoms with van der Waals surface area (Å²) in [4.78, 5) is 4.63. The number of hydrogen-bond donors (Lipinski definition) is 2. The summed E-state index contributed by atoms with van der Waals surface area (Å²) in [6.45, 7) is 10.8. The molecule has 2 N–H and O–H groups in total. The Morgan fingerprint density at radius 3 is 2.62 bits per heavy atom. The molecule has 0 aliphatic carbocycles. The lowest BCUT2D eigenvalue weighted by atomic mass is 9.83. The van der Waals surface area contributed by atoms with Crippen molar-refractivity contribution in [2.75, 3.05) is 31.2 Å². The highest BCUT2D eigenvalue weighted by atomic mass is 32.2. The van der Waals surface area contributed by atoms with Crippen molar-refractivity contribution in [1.29, 1.82) is 0 Å². The van der Waals surface area contributed by atoms with Gasteiger partial charge in [0.15, 0.2) is 15.8 Å². The Balaban J connectivity index is 1.91. The van der Waals surface area contributed by atoms with Crippen LogP contribution in [0.2, 0.25) is 0 Å². The molecule has 0 saturated carbocycles. The number of aliphatic imine (C=N–C) groups is 1. The molecule has 0 aromatic heterocycles. The lowest BCUT2D eigenvalue weighted by Gasteiger charge is -2.38. The topological polar surface area (TPSA) is 79.8 Å². The molecule has 2 aliphatic heterocycles. The van der Waals surface area contributed by atoms with Crippen molar-refractivity contribution in [3.8, 4) is 0 Å². The first-order valence-electron chi connectivity index (χ1n) is 9.06. The number of guanidine groups is 1. The van der Waals surface area contributed by atoms with E-state index in [1.165, 1.54) is 0 Å². The second kappa shape index (κ2) is 8.04. The molecule has 2 rings (SSSR count). The first kappa shape index (κ1) is 19.5. The Labute approximate surface area is 146 Å². The highest BCUT2D eigenvalue weighted by Crippen LogP contribution is 2.29. The van der Waals surface area contributed by atoms with Crippen molar-refractivity contribution in [2.24, 2.45) is 16.3 Å². The van der Waals surface area contributed by atoms with E-state index in [1.54, 1.807) is 0 Å². The molecule has 2 saturated heterocycles. The van der Waals surface area contributed by atoms with E-state index in [0.717, 1.165) is 38.4 Å². The number of sulfone groups is 1. The lowest BCUT2D eigenvalue weighted by molar-refractivity contribution is -0.0559. The Morgan fingerprint density at radius 1 is 1.29 bits per heavy atom. The van der Waals surface area contributed by atoms with E-state index in [2.05, 4.69) is 36.4 Å². The molecule has 2 heterocycles. The van der Waals surface area contributed by atoms with E-state index in [0.29, 0.717) is 18.3 Å². The molecule has 0 spiro atoms. The van der Waals surface area contributed by atoms with Gasteiger partial charge in [0.1, 0.15) is 0 Å². The van der Waals surface area contributed by atoms with Crippen molar-refractivity contribution in [1.82, 2.24) is 10.6 Å². The summed E-state index contributed by atoms with van der Waals surface area (Å²) in [5.41, 5.74) is 0.133. The van der Waals surface area contributed by atoms with Gasteiger partial charge in [0.2, 0.25) is 0 Å². The SMILES string of the molecule is CCNC(=NCC1CCS(=O)(=O)C1)NC1CCOC(C(C)(C)C)C1. The molecule has 24 heavy (non-hydrogen) atoms. The molecule has 6 nitrogen and oxygen atoms in total. The Kier molecular flexibility index (Phi) is 6.53. The molecule has 0 bridgehead atoms. The summed E-state index contributed by atoms with van der Waals surface area (Å²) >= 11 is 0. The minimum Gasteiger partial charge on any atom is -0.378 e. The van der Waals surface area contributed by atoms with Crippen LogP contribution in [0.5, 0.6) is 0 Å². The summed E-state index contributed by atoms with van der Waals surface area (Å²) in [5, 5.41) is 6.79. The fourth-order valence-electron chi connectivity index (χ4n) is 3.28. The Bertz CT molecular complexity index is 540. The Morgan fingerprint density at radius 2 is 2.04 bits per heavy atom. The van der Waals surface area contributed by atoms with E-state index in [4.69, 9.17) is 4.74 Å². The average molecular weight is 360 g/mol. The number of rotatable bonds is 4. The van der Waals surface area contributed by atoms with Crippen LogP contribution >= 0.6 is 0 Å². The Hall–Kier alpha value is -0.820. The van der Waals surface area contributed by atoms with E-state index in [9.17, 15) is 8.42 Å². The predicted molar refractivity (Wildman–Crippen MR) is 98.1 cm³/mol. The van der Waals surface area contributed by atoms with Crippen LogP contribution < -0.4 is 10.6 Å². The van der Waals surface area contributed by atoms with Crippen LogP contribution in [0.4, 0.5) is 0 Å². The van der Waals surface area contributed by atoms with Gasteiger partial charge < -0.3 is 15.4 Å². The summed E-state index contributed by atoms with van der Waals surface area (Å²) < 4.78 is 29.0. The lowest BCUT2D eigenvalue weighted by Crippen LogP contribution is -2.49. The van der Waals surface area contributed by atoms with E-state index in [-0.39, 0.29) is 23.2 Å². The quantitative estimate of drug-likeness (QED) is 0.588. The van der Waals surface area contributed by atoms with Gasteiger partial charge in [-0.3, -0.25) is 4.99 Å². The molecule has 0 amide bonds. The molecule has 0 aromatic carbocycles. The summed E-state index contributed by atoms with van der Waals surface area (Å²) in [6, 6.07) is 0.341. The number of ether oxygens (including phenoxy) is 1. The fourth-order valence-corrected chi connectivity index (χ4v) is 5.13. The van der Waals surface area contributed by atoms with Crippen molar-refractivity contribution >= 4 is 15.8 Å². The maximum atomic E-state index is 11.6. The molecule has 140 valence electrons. The highest BCUT2D eigenvalue weighted by molar-refractivity contribution is 7.91. The van der Waals surface area contributed by atoms with Crippen molar-refractivity contribution in [3.05, 3.63) is 0 Å². The minimum atomic E-state index is -2.83. The second-order valence-corrected chi connectivity index (χ2v) is 10.3. The standard InChI is InChI=1S/C17H33N3O3S/c1-5-18-16(19-11-13-7-9-24(21,22)12-13)20-14-6-8-23-15(10-14)17(2,3)4/h13-15H,5-12H2,1-4H3,(H2,18,19,20). The highest BCUT2D eigenvalue weighted by Gasteiger charge is 2.32. The van der Waals surface area contributed by atoms with E-state index < -0.39 is 9.84 Å². The largest absolute Gasteiger partial charge is 0.378 e. The summed E-state index contributed by atoms with van der Waals surface area (Å²) in [5.74, 6) is 1.53. The van der Waals surface area contributed by atoms with Crippen LogP contribution in [0.1, 0.15) is 47.0 Å². The molecule has 0 aromatic rings. The van der Waals surface area contributed by atoms with Gasteiger partial charge in [-0.15, -0.1) is 0 Å². The van der Waals surface area contributed by atoms with Gasteiger partial charge in [-0.2, -0.15) is 0 Å². The second-order valence-electron chi connectivity index (χ2n) is 8.08. The van der Waals surface area contributed by atoms with Gasteiger partial charge in [0.05, 0.1) is 17.6 Å². The first-order valence-corrected chi connectivity index (χ1v) is 10.9. The molecular weight excluding hydrogens is 326 g/mol. The third-order valence-corrected chi connectivity index (χ3v) is 6.61. The zero-order valence-electron chi connectivity index (χ0n) is 15.5. The first-order chi connectivity index (χ1) is 11.2. The molecule has 2 fully saturated rings. The zero-order chi connectivity index (χ0) is 17.8. The normalized spacial score (nSPS) is 31.0. The van der Waals surface area contributed by atoms with Gasteiger partial charge in [-0.05, 0) is 37.5 Å². The van der Waals surface area contributed by atoms with Gasteiger partial charge in [0, 0.05) is 25.7 Å². The van der Waals surface area contributed by atoms with Crippen LogP contribution in [-0.2, 0) is 14.6 Å². The summed E-state index contributed by atoms with van der Waals surface area (Å²) in [6.07, 6.45) is 2.90. The van der Waals surface area contributed by atoms with Crippen LogP contribution in [-0.4, -0.2) is 57.7 Å². The van der Waals surface area contributed by atoms with Crippen molar-refractivity contribution < 1.29 is 13.2 Å². The number of nitrogens with zero attached hydrogens (tertiary/aromatic N) is 1. The van der Waals surface area contributed by atoms with Gasteiger partial charge >= 0.3 is 0 Å². The molecule has 2 aliphatic rings. The molecule has 7 heteroatoms. The monoisotopic (exact) mass is 359 g/mol. The average Bonchev–Trinajstić information content (AvgIpc) is 2.84. The van der Waals surface area contributed by atoms with Gasteiger partial charge in [-0.1, -0.05) is 20.8 Å². The molecular formula is C17H33N3O3S. The number of hydrogen-bond acceptors (Lipinski definition) is 4. The maximum Gasteiger partial charge on any atom is 0.191 e.